The van der Waals surface area contributed by atoms with E-state index in [0.29, 0.717) is 12.5 Å². The molecule has 0 radical (unpaired) electrons. The molecule has 2 nitrogen and oxygen atoms in total. The van der Waals surface area contributed by atoms with E-state index >= 15 is 0 Å². The fourth-order valence-corrected chi connectivity index (χ4v) is 1.93. The maximum Gasteiger partial charge on any atom is 0.119 e. The van der Waals surface area contributed by atoms with Gasteiger partial charge in [0.2, 0.25) is 0 Å². The zero-order valence-electron chi connectivity index (χ0n) is 11.5. The monoisotopic (exact) mass is 255 g/mol. The molecule has 0 fully saturated rings. The second-order valence-electron chi connectivity index (χ2n) is 5.05. The van der Waals surface area contributed by atoms with Crippen LogP contribution in [0.1, 0.15) is 36.9 Å². The molecule has 2 aromatic carbocycles. The third-order valence-electron chi connectivity index (χ3n) is 3.20. The zero-order valence-corrected chi connectivity index (χ0v) is 11.5. The Bertz CT molecular complexity index is 490. The highest BCUT2D eigenvalue weighted by Gasteiger charge is 2.06. The van der Waals surface area contributed by atoms with Crippen molar-refractivity contribution in [2.45, 2.75) is 25.8 Å². The molecule has 0 aliphatic carbocycles. The van der Waals surface area contributed by atoms with Gasteiger partial charge in [-0.1, -0.05) is 56.3 Å². The Kier molecular flexibility index (Phi) is 4.58. The lowest BCUT2D eigenvalue weighted by molar-refractivity contribution is 0.290. The number of ether oxygens (including phenoxy) is 1. The Morgan fingerprint density at radius 3 is 2.11 bits per heavy atom. The smallest absolute Gasteiger partial charge is 0.119 e. The van der Waals surface area contributed by atoms with Gasteiger partial charge < -0.3 is 10.5 Å². The van der Waals surface area contributed by atoms with E-state index < -0.39 is 0 Å². The van der Waals surface area contributed by atoms with Crippen LogP contribution in [0, 0.1) is 0 Å². The lowest BCUT2D eigenvalue weighted by Gasteiger charge is -2.14. The summed E-state index contributed by atoms with van der Waals surface area (Å²) >= 11 is 0. The second kappa shape index (κ2) is 6.39. The fraction of sp³-hybridized carbons (Fsp3) is 0.294. The van der Waals surface area contributed by atoms with Crippen LogP contribution in [0.15, 0.2) is 54.6 Å². The summed E-state index contributed by atoms with van der Waals surface area (Å²) in [7, 11) is 0. The van der Waals surface area contributed by atoms with E-state index in [-0.39, 0.29) is 6.04 Å². The van der Waals surface area contributed by atoms with Crippen LogP contribution in [0.3, 0.4) is 0 Å². The predicted octanol–water partition coefficient (Wildman–Crippen LogP) is 3.89. The summed E-state index contributed by atoms with van der Waals surface area (Å²) in [6.45, 7) is 4.85. The standard InChI is InChI=1S/C17H21NO/c1-13(2)14-8-10-16(11-9-14)19-12-17(18)15-6-4-3-5-7-15/h3-11,13,17H,12,18H2,1-2H3. The minimum Gasteiger partial charge on any atom is -0.492 e. The SMILES string of the molecule is CC(C)c1ccc(OCC(N)c2ccccc2)cc1. The van der Waals surface area contributed by atoms with Crippen molar-refractivity contribution < 1.29 is 4.74 Å². The Hall–Kier alpha value is -1.80. The highest BCUT2D eigenvalue weighted by atomic mass is 16.5. The van der Waals surface area contributed by atoms with Gasteiger partial charge in [0.05, 0.1) is 6.04 Å². The zero-order chi connectivity index (χ0) is 13.7. The van der Waals surface area contributed by atoms with E-state index in [9.17, 15) is 0 Å². The summed E-state index contributed by atoms with van der Waals surface area (Å²) in [4.78, 5) is 0. The van der Waals surface area contributed by atoms with Crippen LogP contribution in [0.25, 0.3) is 0 Å². The van der Waals surface area contributed by atoms with Crippen molar-refractivity contribution in [1.29, 1.82) is 0 Å². The van der Waals surface area contributed by atoms with E-state index in [1.165, 1.54) is 5.56 Å². The van der Waals surface area contributed by atoms with Crippen molar-refractivity contribution in [3.8, 4) is 5.75 Å². The number of hydrogen-bond donors (Lipinski definition) is 1. The van der Waals surface area contributed by atoms with Crippen LogP contribution >= 0.6 is 0 Å². The van der Waals surface area contributed by atoms with Crippen LogP contribution < -0.4 is 10.5 Å². The molecule has 19 heavy (non-hydrogen) atoms. The van der Waals surface area contributed by atoms with Crippen molar-refractivity contribution in [1.82, 2.24) is 0 Å². The average Bonchev–Trinajstić information content (AvgIpc) is 2.46. The van der Waals surface area contributed by atoms with Gasteiger partial charge in [0.15, 0.2) is 0 Å². The third kappa shape index (κ3) is 3.83. The van der Waals surface area contributed by atoms with Crippen molar-refractivity contribution in [2.75, 3.05) is 6.61 Å². The van der Waals surface area contributed by atoms with Crippen LogP contribution in [0.2, 0.25) is 0 Å². The summed E-state index contributed by atoms with van der Waals surface area (Å²) in [5.41, 5.74) is 8.51. The summed E-state index contributed by atoms with van der Waals surface area (Å²) < 4.78 is 5.73. The molecule has 1 unspecified atom stereocenters. The molecule has 0 heterocycles. The molecule has 0 bridgehead atoms. The first-order chi connectivity index (χ1) is 9.16. The summed E-state index contributed by atoms with van der Waals surface area (Å²) in [6, 6.07) is 18.2. The molecule has 0 saturated carbocycles. The number of nitrogens with two attached hydrogens (primary N) is 1. The molecule has 0 aliphatic heterocycles. The van der Waals surface area contributed by atoms with Gasteiger partial charge in [0, 0.05) is 0 Å². The Morgan fingerprint density at radius 2 is 1.53 bits per heavy atom. The van der Waals surface area contributed by atoms with Crippen LogP contribution in [0.4, 0.5) is 0 Å². The molecule has 0 amide bonds. The molecule has 0 spiro atoms. The Labute approximate surface area is 115 Å². The summed E-state index contributed by atoms with van der Waals surface area (Å²) in [5, 5.41) is 0. The predicted molar refractivity (Wildman–Crippen MR) is 79.4 cm³/mol. The highest BCUT2D eigenvalue weighted by molar-refractivity contribution is 5.29. The normalized spacial score (nSPS) is 12.4. The minimum atomic E-state index is -0.0917. The second-order valence-corrected chi connectivity index (χ2v) is 5.05. The van der Waals surface area contributed by atoms with E-state index in [2.05, 4.69) is 26.0 Å². The van der Waals surface area contributed by atoms with Crippen LogP contribution in [-0.4, -0.2) is 6.61 Å². The van der Waals surface area contributed by atoms with Gasteiger partial charge in [-0.3, -0.25) is 0 Å². The summed E-state index contributed by atoms with van der Waals surface area (Å²) in [6.07, 6.45) is 0. The van der Waals surface area contributed by atoms with Gasteiger partial charge in [-0.2, -0.15) is 0 Å². The number of hydrogen-bond acceptors (Lipinski definition) is 2. The van der Waals surface area contributed by atoms with E-state index in [4.69, 9.17) is 10.5 Å². The van der Waals surface area contributed by atoms with Gasteiger partial charge in [0.1, 0.15) is 12.4 Å². The Balaban J connectivity index is 1.92. The van der Waals surface area contributed by atoms with Crippen molar-refractivity contribution >= 4 is 0 Å². The molecule has 0 aliphatic rings. The van der Waals surface area contributed by atoms with Crippen molar-refractivity contribution in [2.24, 2.45) is 5.73 Å². The first-order valence-corrected chi connectivity index (χ1v) is 6.70. The topological polar surface area (TPSA) is 35.2 Å². The minimum absolute atomic E-state index is 0.0917. The number of rotatable bonds is 5. The molecule has 1 atom stereocenters. The molecule has 0 saturated heterocycles. The van der Waals surface area contributed by atoms with E-state index in [1.54, 1.807) is 0 Å². The summed E-state index contributed by atoms with van der Waals surface area (Å²) in [5.74, 6) is 1.41. The Morgan fingerprint density at radius 1 is 0.895 bits per heavy atom. The highest BCUT2D eigenvalue weighted by Crippen LogP contribution is 2.19. The molecular weight excluding hydrogens is 234 g/mol. The number of benzene rings is 2. The maximum atomic E-state index is 6.10. The first-order valence-electron chi connectivity index (χ1n) is 6.70. The molecular formula is C17H21NO. The maximum absolute atomic E-state index is 6.10. The first kappa shape index (κ1) is 13.6. The van der Waals surface area contributed by atoms with Gasteiger partial charge in [-0.15, -0.1) is 0 Å². The molecule has 100 valence electrons. The van der Waals surface area contributed by atoms with Gasteiger partial charge >= 0.3 is 0 Å². The average molecular weight is 255 g/mol. The lowest BCUT2D eigenvalue weighted by Crippen LogP contribution is -2.18. The molecule has 2 rings (SSSR count). The molecule has 2 aromatic rings. The molecule has 2 heteroatoms. The fourth-order valence-electron chi connectivity index (χ4n) is 1.93. The third-order valence-corrected chi connectivity index (χ3v) is 3.20. The van der Waals surface area contributed by atoms with Crippen LogP contribution in [-0.2, 0) is 0 Å². The van der Waals surface area contributed by atoms with Crippen LogP contribution in [0.5, 0.6) is 5.75 Å². The van der Waals surface area contributed by atoms with Gasteiger partial charge in [-0.25, -0.2) is 0 Å². The van der Waals surface area contributed by atoms with E-state index in [0.717, 1.165) is 11.3 Å². The van der Waals surface area contributed by atoms with Gasteiger partial charge in [-0.05, 0) is 29.2 Å². The molecule has 0 aromatic heterocycles. The van der Waals surface area contributed by atoms with Gasteiger partial charge in [0.25, 0.3) is 0 Å². The lowest BCUT2D eigenvalue weighted by atomic mass is 10.0. The van der Waals surface area contributed by atoms with Crippen molar-refractivity contribution in [3.05, 3.63) is 65.7 Å². The van der Waals surface area contributed by atoms with Crippen molar-refractivity contribution in [3.63, 3.8) is 0 Å². The van der Waals surface area contributed by atoms with E-state index in [1.807, 2.05) is 42.5 Å². The largest absolute Gasteiger partial charge is 0.492 e. The quantitative estimate of drug-likeness (QED) is 0.879. The molecule has 2 N–H and O–H groups in total.